The van der Waals surface area contributed by atoms with E-state index in [0.29, 0.717) is 5.56 Å². The second-order valence-electron chi connectivity index (χ2n) is 5.06. The predicted molar refractivity (Wildman–Crippen MR) is 67.5 cm³/mol. The Bertz CT molecular complexity index is 481. The predicted octanol–water partition coefficient (Wildman–Crippen LogP) is 2.74. The molecule has 0 bridgehead atoms. The van der Waals surface area contributed by atoms with Crippen LogP contribution in [0.2, 0.25) is 0 Å². The fraction of sp³-hybridized carbons (Fsp3) is 0.462. The quantitative estimate of drug-likeness (QED) is 0.833. The van der Waals surface area contributed by atoms with Gasteiger partial charge in [-0.3, -0.25) is 4.79 Å². The highest BCUT2D eigenvalue weighted by Gasteiger charge is 2.29. The van der Waals surface area contributed by atoms with Crippen LogP contribution in [0.15, 0.2) is 18.2 Å². The normalized spacial score (nSPS) is 12.3. The van der Waals surface area contributed by atoms with Gasteiger partial charge in [0.2, 0.25) is 5.91 Å². The minimum atomic E-state index is -4.29. The molecule has 0 saturated heterocycles. The van der Waals surface area contributed by atoms with Crippen LogP contribution in [0, 0.1) is 0 Å². The van der Waals surface area contributed by atoms with E-state index in [9.17, 15) is 18.0 Å². The second-order valence-corrected chi connectivity index (χ2v) is 5.06. The number of carbonyl (C=O) groups is 1. The molecule has 0 heterocycles. The summed E-state index contributed by atoms with van der Waals surface area (Å²) in [5.41, 5.74) is 5.72. The lowest BCUT2D eigenvalue weighted by atomic mass is 9.91. The molecule has 1 amide bonds. The van der Waals surface area contributed by atoms with Crippen molar-refractivity contribution in [3.05, 3.63) is 29.3 Å². The summed E-state index contributed by atoms with van der Waals surface area (Å²) in [6.07, 6.45) is -5.33. The zero-order valence-electron chi connectivity index (χ0n) is 11.1. The molecule has 0 aliphatic rings. The van der Waals surface area contributed by atoms with Crippen LogP contribution in [0.25, 0.3) is 0 Å². The van der Waals surface area contributed by atoms with E-state index in [-0.39, 0.29) is 17.2 Å². The minimum absolute atomic E-state index is 0.0842. The molecule has 3 N–H and O–H groups in total. The summed E-state index contributed by atoms with van der Waals surface area (Å²) >= 11 is 0. The first-order valence-electron chi connectivity index (χ1n) is 5.75. The molecule has 0 atom stereocenters. The molecule has 0 aliphatic carbocycles. The van der Waals surface area contributed by atoms with Crippen molar-refractivity contribution in [2.75, 3.05) is 5.73 Å². The summed E-state index contributed by atoms with van der Waals surface area (Å²) in [7, 11) is 0. The molecular formula is C13H17F3N2O. The first-order valence-corrected chi connectivity index (χ1v) is 5.75. The number of nitrogens with two attached hydrogens (primary N) is 1. The van der Waals surface area contributed by atoms with Crippen molar-refractivity contribution < 1.29 is 18.0 Å². The van der Waals surface area contributed by atoms with E-state index in [2.05, 4.69) is 5.32 Å². The Labute approximate surface area is 110 Å². The van der Waals surface area contributed by atoms with Crippen LogP contribution in [0.3, 0.4) is 0 Å². The van der Waals surface area contributed by atoms with Crippen LogP contribution in [0.5, 0.6) is 0 Å². The summed E-state index contributed by atoms with van der Waals surface area (Å²) in [4.78, 5) is 11.1. The molecule has 0 spiro atoms. The Balaban J connectivity index is 3.12. The Morgan fingerprint density at radius 3 is 2.32 bits per heavy atom. The van der Waals surface area contributed by atoms with Crippen molar-refractivity contribution in [1.29, 1.82) is 0 Å². The van der Waals surface area contributed by atoms with Gasteiger partial charge in [0.1, 0.15) is 0 Å². The SMILES string of the molecule is CC(=O)NC(C)(C)c1cc(N)cc(CC(F)(F)F)c1. The van der Waals surface area contributed by atoms with Gasteiger partial charge in [-0.1, -0.05) is 6.07 Å². The number of alkyl halides is 3. The molecule has 0 aromatic heterocycles. The van der Waals surface area contributed by atoms with Gasteiger partial charge in [-0.15, -0.1) is 0 Å². The summed E-state index contributed by atoms with van der Waals surface area (Å²) in [6.45, 7) is 4.77. The first kappa shape index (κ1) is 15.3. The van der Waals surface area contributed by atoms with E-state index >= 15 is 0 Å². The van der Waals surface area contributed by atoms with Gasteiger partial charge in [0.25, 0.3) is 0 Å². The number of rotatable bonds is 3. The van der Waals surface area contributed by atoms with Gasteiger partial charge >= 0.3 is 6.18 Å². The summed E-state index contributed by atoms with van der Waals surface area (Å²) < 4.78 is 37.2. The van der Waals surface area contributed by atoms with Crippen molar-refractivity contribution >= 4 is 11.6 Å². The third-order valence-corrected chi connectivity index (χ3v) is 2.63. The fourth-order valence-electron chi connectivity index (χ4n) is 1.92. The molecule has 3 nitrogen and oxygen atoms in total. The van der Waals surface area contributed by atoms with E-state index in [1.54, 1.807) is 19.9 Å². The number of nitrogen functional groups attached to an aromatic ring is 1. The molecule has 0 saturated carbocycles. The standard InChI is InChI=1S/C13H17F3N2O/c1-8(19)18-12(2,3)10-4-9(5-11(17)6-10)7-13(14,15)16/h4-6H,7,17H2,1-3H3,(H,18,19). The van der Waals surface area contributed by atoms with Crippen LogP contribution in [0.4, 0.5) is 18.9 Å². The number of hydrogen-bond donors (Lipinski definition) is 2. The molecular weight excluding hydrogens is 257 g/mol. The number of benzene rings is 1. The molecule has 6 heteroatoms. The molecule has 19 heavy (non-hydrogen) atoms. The largest absolute Gasteiger partial charge is 0.399 e. The van der Waals surface area contributed by atoms with Gasteiger partial charge < -0.3 is 11.1 Å². The molecule has 1 aromatic carbocycles. The number of anilines is 1. The molecule has 1 aromatic rings. The van der Waals surface area contributed by atoms with Gasteiger partial charge in [-0.05, 0) is 37.1 Å². The molecule has 106 valence electrons. The molecule has 0 unspecified atom stereocenters. The molecule has 1 rings (SSSR count). The lowest BCUT2D eigenvalue weighted by Gasteiger charge is -2.27. The molecule has 0 fully saturated rings. The maximum Gasteiger partial charge on any atom is 0.393 e. The van der Waals surface area contributed by atoms with E-state index in [0.717, 1.165) is 0 Å². The number of carbonyl (C=O) groups excluding carboxylic acids is 1. The lowest BCUT2D eigenvalue weighted by molar-refractivity contribution is -0.127. The maximum absolute atomic E-state index is 12.4. The van der Waals surface area contributed by atoms with Crippen molar-refractivity contribution in [3.63, 3.8) is 0 Å². The minimum Gasteiger partial charge on any atom is -0.399 e. The number of hydrogen-bond acceptors (Lipinski definition) is 2. The van der Waals surface area contributed by atoms with Crippen molar-refractivity contribution in [2.45, 2.75) is 38.9 Å². The second kappa shape index (κ2) is 5.11. The van der Waals surface area contributed by atoms with Crippen LogP contribution < -0.4 is 11.1 Å². The van der Waals surface area contributed by atoms with Crippen LogP contribution in [-0.2, 0) is 16.8 Å². The van der Waals surface area contributed by atoms with Gasteiger partial charge in [0.05, 0.1) is 12.0 Å². The zero-order chi connectivity index (χ0) is 14.8. The Morgan fingerprint density at radius 1 is 1.26 bits per heavy atom. The highest BCUT2D eigenvalue weighted by atomic mass is 19.4. The third kappa shape index (κ3) is 4.81. The first-order chi connectivity index (χ1) is 8.49. The topological polar surface area (TPSA) is 55.1 Å². The molecule has 0 radical (unpaired) electrons. The van der Waals surface area contributed by atoms with Gasteiger partial charge in [-0.25, -0.2) is 0 Å². The highest BCUT2D eigenvalue weighted by Crippen LogP contribution is 2.28. The number of halogens is 3. The van der Waals surface area contributed by atoms with Crippen molar-refractivity contribution in [2.24, 2.45) is 0 Å². The van der Waals surface area contributed by atoms with E-state index in [4.69, 9.17) is 5.73 Å². The molecule has 0 aliphatic heterocycles. The van der Waals surface area contributed by atoms with Crippen LogP contribution in [0.1, 0.15) is 31.9 Å². The number of amides is 1. The van der Waals surface area contributed by atoms with E-state index in [1.807, 2.05) is 0 Å². The summed E-state index contributed by atoms with van der Waals surface area (Å²) in [5, 5.41) is 2.68. The van der Waals surface area contributed by atoms with E-state index < -0.39 is 18.1 Å². The highest BCUT2D eigenvalue weighted by molar-refractivity contribution is 5.74. The monoisotopic (exact) mass is 274 g/mol. The van der Waals surface area contributed by atoms with Crippen molar-refractivity contribution in [1.82, 2.24) is 5.32 Å². The Morgan fingerprint density at radius 2 is 1.84 bits per heavy atom. The van der Waals surface area contributed by atoms with Crippen LogP contribution in [-0.4, -0.2) is 12.1 Å². The van der Waals surface area contributed by atoms with Crippen molar-refractivity contribution in [3.8, 4) is 0 Å². The number of nitrogens with one attached hydrogen (secondary N) is 1. The Kier molecular flexibility index (Phi) is 4.12. The van der Waals surface area contributed by atoms with Gasteiger partial charge in [0.15, 0.2) is 0 Å². The van der Waals surface area contributed by atoms with Gasteiger partial charge in [-0.2, -0.15) is 13.2 Å². The average molecular weight is 274 g/mol. The zero-order valence-corrected chi connectivity index (χ0v) is 11.1. The van der Waals surface area contributed by atoms with E-state index in [1.165, 1.54) is 19.1 Å². The smallest absolute Gasteiger partial charge is 0.393 e. The fourth-order valence-corrected chi connectivity index (χ4v) is 1.92. The maximum atomic E-state index is 12.4. The Hall–Kier alpha value is -1.72. The third-order valence-electron chi connectivity index (χ3n) is 2.63. The summed E-state index contributed by atoms with van der Waals surface area (Å²) in [6, 6.07) is 4.27. The average Bonchev–Trinajstić information content (AvgIpc) is 2.11. The van der Waals surface area contributed by atoms with Gasteiger partial charge in [0, 0.05) is 12.6 Å². The summed E-state index contributed by atoms with van der Waals surface area (Å²) in [5.74, 6) is -0.259. The lowest BCUT2D eigenvalue weighted by Crippen LogP contribution is -2.39. The van der Waals surface area contributed by atoms with Crippen LogP contribution >= 0.6 is 0 Å².